The minimum absolute atomic E-state index is 0.0444. The zero-order chi connectivity index (χ0) is 25.2. The molecule has 9 heteroatoms. The number of benzene rings is 2. The van der Waals surface area contributed by atoms with Gasteiger partial charge in [0.05, 0.1) is 19.8 Å². The highest BCUT2D eigenvalue weighted by Gasteiger charge is 2.28. The van der Waals surface area contributed by atoms with Gasteiger partial charge < -0.3 is 30.6 Å². The molecule has 2 aromatic carbocycles. The Hall–Kier alpha value is -3.33. The molecule has 1 fully saturated rings. The Balaban J connectivity index is 1.87. The second kappa shape index (κ2) is 12.9. The van der Waals surface area contributed by atoms with E-state index in [0.29, 0.717) is 36.1 Å². The molecule has 0 aliphatic carbocycles. The highest BCUT2D eigenvalue weighted by Crippen LogP contribution is 2.34. The van der Waals surface area contributed by atoms with Gasteiger partial charge in [0.1, 0.15) is 11.6 Å². The van der Waals surface area contributed by atoms with E-state index in [0.717, 1.165) is 32.4 Å². The van der Waals surface area contributed by atoms with Crippen LogP contribution in [-0.2, 0) is 9.53 Å². The molecule has 190 valence electrons. The van der Waals surface area contributed by atoms with Crippen LogP contribution in [0.5, 0.6) is 11.5 Å². The molecule has 8 nitrogen and oxygen atoms in total. The van der Waals surface area contributed by atoms with Gasteiger partial charge in [0, 0.05) is 22.9 Å². The maximum atomic E-state index is 15.7. The van der Waals surface area contributed by atoms with Crippen LogP contribution in [0.4, 0.5) is 10.1 Å². The molecule has 0 spiro atoms. The predicted molar refractivity (Wildman–Crippen MR) is 134 cm³/mol. The van der Waals surface area contributed by atoms with Gasteiger partial charge >= 0.3 is 5.97 Å². The average molecular weight is 487 g/mol. The molecular formula is C26H35FN4O4. The van der Waals surface area contributed by atoms with Crippen LogP contribution < -0.4 is 25.8 Å². The fraction of sp³-hybridized carbons (Fsp3) is 0.462. The number of amidine groups is 1. The molecule has 0 radical (unpaired) electrons. The molecule has 0 aromatic heterocycles. The lowest BCUT2D eigenvalue weighted by atomic mass is 9.95. The third-order valence-corrected chi connectivity index (χ3v) is 5.93. The fourth-order valence-corrected chi connectivity index (χ4v) is 4.07. The Morgan fingerprint density at radius 2 is 1.89 bits per heavy atom. The van der Waals surface area contributed by atoms with Crippen LogP contribution in [-0.4, -0.2) is 44.7 Å². The maximum absolute atomic E-state index is 15.7. The van der Waals surface area contributed by atoms with Crippen molar-refractivity contribution in [3.63, 3.8) is 0 Å². The molecule has 3 rings (SSSR count). The van der Waals surface area contributed by atoms with Crippen molar-refractivity contribution >= 4 is 17.5 Å². The summed E-state index contributed by atoms with van der Waals surface area (Å²) in [5.74, 6) is -0.339. The van der Waals surface area contributed by atoms with Gasteiger partial charge in [0.15, 0.2) is 17.6 Å². The summed E-state index contributed by atoms with van der Waals surface area (Å²) in [6, 6.07) is 8.52. The number of nitrogen functional groups attached to an aromatic ring is 1. The Labute approximate surface area is 205 Å². The summed E-state index contributed by atoms with van der Waals surface area (Å²) >= 11 is 0. The summed E-state index contributed by atoms with van der Waals surface area (Å²) < 4.78 is 32.4. The van der Waals surface area contributed by atoms with E-state index in [1.165, 1.54) is 12.1 Å². The Morgan fingerprint density at radius 3 is 2.51 bits per heavy atom. The molecule has 1 aliphatic rings. The number of rotatable bonds is 12. The zero-order valence-corrected chi connectivity index (χ0v) is 20.4. The average Bonchev–Trinajstić information content (AvgIpc) is 2.85. The summed E-state index contributed by atoms with van der Waals surface area (Å²) in [6.45, 7) is 6.40. The molecule has 0 amide bonds. The van der Waals surface area contributed by atoms with E-state index in [2.05, 4.69) is 10.6 Å². The molecule has 1 atom stereocenters. The summed E-state index contributed by atoms with van der Waals surface area (Å²) in [5.41, 5.74) is 6.68. The van der Waals surface area contributed by atoms with Crippen molar-refractivity contribution in [2.24, 2.45) is 11.7 Å². The summed E-state index contributed by atoms with van der Waals surface area (Å²) in [6.07, 6.45) is 2.98. The van der Waals surface area contributed by atoms with Gasteiger partial charge in [0.25, 0.3) is 0 Å². The van der Waals surface area contributed by atoms with E-state index in [1.807, 2.05) is 6.92 Å². The zero-order valence-electron chi connectivity index (χ0n) is 20.4. The van der Waals surface area contributed by atoms with E-state index in [4.69, 9.17) is 25.4 Å². The number of esters is 1. The van der Waals surface area contributed by atoms with E-state index in [-0.39, 0.29) is 23.8 Å². The van der Waals surface area contributed by atoms with Crippen molar-refractivity contribution in [2.45, 2.75) is 39.2 Å². The lowest BCUT2D eigenvalue weighted by Gasteiger charge is -2.23. The number of anilines is 1. The number of nitrogens with one attached hydrogen (secondary N) is 3. The van der Waals surface area contributed by atoms with Crippen molar-refractivity contribution in [3.8, 4) is 11.5 Å². The second-order valence-corrected chi connectivity index (χ2v) is 8.41. The van der Waals surface area contributed by atoms with E-state index in [1.54, 1.807) is 31.2 Å². The van der Waals surface area contributed by atoms with E-state index >= 15 is 4.39 Å². The molecule has 2 aromatic rings. The van der Waals surface area contributed by atoms with Gasteiger partial charge in [-0.05, 0) is 82.4 Å². The molecule has 1 saturated heterocycles. The van der Waals surface area contributed by atoms with Gasteiger partial charge in [-0.25, -0.2) is 9.18 Å². The predicted octanol–water partition coefficient (Wildman–Crippen LogP) is 3.99. The largest absolute Gasteiger partial charge is 0.494 e. The Bertz CT molecular complexity index is 994. The number of carbonyl (C=O) groups is 1. The lowest BCUT2D eigenvalue weighted by Crippen LogP contribution is -2.28. The van der Waals surface area contributed by atoms with E-state index < -0.39 is 17.8 Å². The quantitative estimate of drug-likeness (QED) is 0.203. The summed E-state index contributed by atoms with van der Waals surface area (Å²) in [7, 11) is 0. The van der Waals surface area contributed by atoms with Crippen LogP contribution in [0.15, 0.2) is 36.4 Å². The van der Waals surface area contributed by atoms with Gasteiger partial charge in [-0.15, -0.1) is 0 Å². The Kier molecular flexibility index (Phi) is 9.72. The first-order valence-corrected chi connectivity index (χ1v) is 12.1. The third kappa shape index (κ3) is 7.32. The standard InChI is InChI=1S/C26H35FN4O4/c1-3-33-20-15-21(23(27)22(16-20)35-14-11-17-9-12-30-13-10-17)24(26(32)34-4-2)31-19-7-5-18(6-8-19)25(28)29/h5-8,15-17,24,30-31H,3-4,9-14H2,1-2H3,(H3,28,29). The normalized spacial score (nSPS) is 14.7. The monoisotopic (exact) mass is 486 g/mol. The Morgan fingerprint density at radius 1 is 1.17 bits per heavy atom. The van der Waals surface area contributed by atoms with Crippen LogP contribution in [0.2, 0.25) is 0 Å². The van der Waals surface area contributed by atoms with Crippen molar-refractivity contribution in [2.75, 3.05) is 38.2 Å². The van der Waals surface area contributed by atoms with Crippen LogP contribution >= 0.6 is 0 Å². The van der Waals surface area contributed by atoms with Crippen LogP contribution in [0.25, 0.3) is 0 Å². The smallest absolute Gasteiger partial charge is 0.333 e. The first kappa shape index (κ1) is 26.3. The highest BCUT2D eigenvalue weighted by molar-refractivity contribution is 5.95. The number of ether oxygens (including phenoxy) is 3. The topological polar surface area (TPSA) is 119 Å². The number of hydrogen-bond acceptors (Lipinski definition) is 7. The number of hydrogen-bond donors (Lipinski definition) is 4. The minimum Gasteiger partial charge on any atom is -0.494 e. The maximum Gasteiger partial charge on any atom is 0.333 e. The fourth-order valence-electron chi connectivity index (χ4n) is 4.07. The van der Waals surface area contributed by atoms with Crippen LogP contribution in [0.3, 0.4) is 0 Å². The summed E-state index contributed by atoms with van der Waals surface area (Å²) in [4.78, 5) is 12.9. The molecule has 1 heterocycles. The van der Waals surface area contributed by atoms with Crippen molar-refractivity contribution in [1.82, 2.24) is 5.32 Å². The van der Waals surface area contributed by atoms with Gasteiger partial charge in [-0.3, -0.25) is 5.41 Å². The van der Waals surface area contributed by atoms with Crippen LogP contribution in [0.1, 0.15) is 50.3 Å². The molecule has 35 heavy (non-hydrogen) atoms. The van der Waals surface area contributed by atoms with Gasteiger partial charge in [-0.1, -0.05) is 0 Å². The number of halogens is 1. The minimum atomic E-state index is -1.13. The van der Waals surface area contributed by atoms with Crippen molar-refractivity contribution in [3.05, 3.63) is 53.3 Å². The van der Waals surface area contributed by atoms with Gasteiger partial charge in [0.2, 0.25) is 0 Å². The number of nitrogens with two attached hydrogens (primary N) is 1. The molecular weight excluding hydrogens is 451 g/mol. The molecule has 0 bridgehead atoms. The summed E-state index contributed by atoms with van der Waals surface area (Å²) in [5, 5.41) is 13.9. The lowest BCUT2D eigenvalue weighted by molar-refractivity contribution is -0.144. The van der Waals surface area contributed by atoms with E-state index in [9.17, 15) is 4.79 Å². The van der Waals surface area contributed by atoms with Gasteiger partial charge in [-0.2, -0.15) is 0 Å². The first-order valence-electron chi connectivity index (χ1n) is 12.1. The van der Waals surface area contributed by atoms with Crippen molar-refractivity contribution < 1.29 is 23.4 Å². The van der Waals surface area contributed by atoms with Crippen molar-refractivity contribution in [1.29, 1.82) is 5.41 Å². The third-order valence-electron chi connectivity index (χ3n) is 5.93. The number of piperidine rings is 1. The highest BCUT2D eigenvalue weighted by atomic mass is 19.1. The first-order chi connectivity index (χ1) is 16.9. The SMILES string of the molecule is CCOC(=O)C(Nc1ccc(C(=N)N)cc1)c1cc(OCC)cc(OCCC2CCNCC2)c1F. The molecule has 1 unspecified atom stereocenters. The molecule has 1 aliphatic heterocycles. The molecule has 0 saturated carbocycles. The number of carbonyl (C=O) groups excluding carboxylic acids is 1. The van der Waals surface area contributed by atoms with Crippen LogP contribution in [0, 0.1) is 17.1 Å². The second-order valence-electron chi connectivity index (χ2n) is 8.41. The molecule has 5 N–H and O–H groups in total.